The molecule has 0 aliphatic carbocycles. The molecule has 0 saturated carbocycles. The van der Waals surface area contributed by atoms with Crippen LogP contribution in [-0.2, 0) is 11.8 Å². The number of aromatic nitrogens is 3. The molecule has 0 unspecified atom stereocenters. The van der Waals surface area contributed by atoms with Crippen molar-refractivity contribution in [3.05, 3.63) is 28.7 Å². The van der Waals surface area contributed by atoms with E-state index in [1.54, 1.807) is 4.57 Å². The van der Waals surface area contributed by atoms with Crippen molar-refractivity contribution in [2.75, 3.05) is 5.75 Å². The Morgan fingerprint density at radius 3 is 2.83 bits per heavy atom. The van der Waals surface area contributed by atoms with Gasteiger partial charge < -0.3 is 9.67 Å². The van der Waals surface area contributed by atoms with Gasteiger partial charge in [0.05, 0.1) is 5.75 Å². The summed E-state index contributed by atoms with van der Waals surface area (Å²) < 4.78 is 2.71. The van der Waals surface area contributed by atoms with Gasteiger partial charge in [0.25, 0.3) is 0 Å². The summed E-state index contributed by atoms with van der Waals surface area (Å²) in [6, 6.07) is 7.69. The molecule has 0 fully saturated rings. The molecule has 1 heterocycles. The smallest absolute Gasteiger partial charge is 0.313 e. The van der Waals surface area contributed by atoms with E-state index in [1.807, 2.05) is 31.3 Å². The van der Waals surface area contributed by atoms with E-state index in [2.05, 4.69) is 26.1 Å². The van der Waals surface area contributed by atoms with Crippen molar-refractivity contribution in [2.45, 2.75) is 5.16 Å². The van der Waals surface area contributed by atoms with Crippen LogP contribution in [0, 0.1) is 0 Å². The van der Waals surface area contributed by atoms with Crippen LogP contribution in [0.5, 0.6) is 0 Å². The fourth-order valence-electron chi connectivity index (χ4n) is 1.44. The van der Waals surface area contributed by atoms with E-state index in [-0.39, 0.29) is 5.75 Å². The van der Waals surface area contributed by atoms with Gasteiger partial charge in [-0.1, -0.05) is 45.9 Å². The Bertz CT molecular complexity index is 585. The van der Waals surface area contributed by atoms with E-state index in [1.165, 1.54) is 0 Å². The molecule has 1 aromatic heterocycles. The number of nitrogens with zero attached hydrogens (tertiary/aromatic N) is 3. The number of hydrogen-bond donors (Lipinski definition) is 1. The first-order chi connectivity index (χ1) is 8.59. The lowest BCUT2D eigenvalue weighted by Gasteiger charge is -2.04. The molecule has 1 N–H and O–H groups in total. The highest BCUT2D eigenvalue weighted by molar-refractivity contribution is 9.10. The lowest BCUT2D eigenvalue weighted by molar-refractivity contribution is -0.133. The summed E-state index contributed by atoms with van der Waals surface area (Å²) in [6.07, 6.45) is 0. The minimum absolute atomic E-state index is 0.0259. The van der Waals surface area contributed by atoms with E-state index >= 15 is 0 Å². The maximum atomic E-state index is 10.5. The van der Waals surface area contributed by atoms with Crippen molar-refractivity contribution in [2.24, 2.45) is 7.05 Å². The first-order valence-electron chi connectivity index (χ1n) is 5.08. The van der Waals surface area contributed by atoms with Crippen LogP contribution < -0.4 is 0 Å². The zero-order valence-electron chi connectivity index (χ0n) is 9.50. The topological polar surface area (TPSA) is 68.0 Å². The third kappa shape index (κ3) is 2.73. The summed E-state index contributed by atoms with van der Waals surface area (Å²) in [5.41, 5.74) is 0.926. The molecule has 0 spiro atoms. The van der Waals surface area contributed by atoms with E-state index in [4.69, 9.17) is 5.11 Å². The van der Waals surface area contributed by atoms with Crippen LogP contribution in [0.15, 0.2) is 33.9 Å². The Balaban J connectivity index is 2.31. The van der Waals surface area contributed by atoms with Crippen molar-refractivity contribution in [3.8, 4) is 11.4 Å². The summed E-state index contributed by atoms with van der Waals surface area (Å²) in [5.74, 6) is -0.192. The largest absolute Gasteiger partial charge is 0.481 e. The minimum atomic E-state index is -0.870. The Morgan fingerprint density at radius 2 is 2.17 bits per heavy atom. The van der Waals surface area contributed by atoms with Crippen molar-refractivity contribution in [1.29, 1.82) is 0 Å². The number of benzene rings is 1. The van der Waals surface area contributed by atoms with Crippen molar-refractivity contribution in [1.82, 2.24) is 14.8 Å². The van der Waals surface area contributed by atoms with Gasteiger partial charge >= 0.3 is 5.97 Å². The second kappa shape index (κ2) is 5.53. The van der Waals surface area contributed by atoms with Gasteiger partial charge in [-0.05, 0) is 6.07 Å². The Labute approximate surface area is 116 Å². The number of aliphatic carboxylic acids is 1. The molecule has 0 aliphatic heterocycles. The van der Waals surface area contributed by atoms with Gasteiger partial charge in [0.1, 0.15) is 0 Å². The first-order valence-corrected chi connectivity index (χ1v) is 6.86. The van der Waals surface area contributed by atoms with Gasteiger partial charge in [-0.25, -0.2) is 0 Å². The molecule has 0 atom stereocenters. The molecule has 0 amide bonds. The van der Waals surface area contributed by atoms with Crippen LogP contribution in [0.1, 0.15) is 0 Å². The molecule has 0 radical (unpaired) electrons. The summed E-state index contributed by atoms with van der Waals surface area (Å²) >= 11 is 4.61. The molecule has 7 heteroatoms. The van der Waals surface area contributed by atoms with Gasteiger partial charge in [0, 0.05) is 17.1 Å². The molecular weight excluding hydrogens is 318 g/mol. The molecule has 5 nitrogen and oxygen atoms in total. The summed E-state index contributed by atoms with van der Waals surface area (Å²) in [7, 11) is 1.82. The third-order valence-electron chi connectivity index (χ3n) is 2.27. The fraction of sp³-hybridized carbons (Fsp3) is 0.182. The standard InChI is InChI=1S/C11H10BrN3O2S/c1-15-10(7-4-2-3-5-8(7)12)13-14-11(15)18-6-9(16)17/h2-5H,6H2,1H3,(H,16,17). The number of halogens is 1. The second-order valence-corrected chi connectivity index (χ2v) is 5.32. The summed E-state index contributed by atoms with van der Waals surface area (Å²) in [5, 5.41) is 17.3. The maximum absolute atomic E-state index is 10.5. The van der Waals surface area contributed by atoms with Crippen LogP contribution in [0.25, 0.3) is 11.4 Å². The van der Waals surface area contributed by atoms with E-state index in [9.17, 15) is 4.79 Å². The Kier molecular flexibility index (Phi) is 4.03. The fourth-order valence-corrected chi connectivity index (χ4v) is 2.54. The number of carboxylic acid groups (broad SMARTS) is 1. The molecule has 18 heavy (non-hydrogen) atoms. The molecule has 2 rings (SSSR count). The number of rotatable bonds is 4. The highest BCUT2D eigenvalue weighted by Gasteiger charge is 2.14. The molecular formula is C11H10BrN3O2S. The predicted molar refractivity (Wildman–Crippen MR) is 72.5 cm³/mol. The molecule has 1 aromatic carbocycles. The second-order valence-electron chi connectivity index (χ2n) is 3.53. The minimum Gasteiger partial charge on any atom is -0.481 e. The van der Waals surface area contributed by atoms with E-state index in [0.29, 0.717) is 11.0 Å². The number of thioether (sulfide) groups is 1. The number of carboxylic acids is 1. The quantitative estimate of drug-likeness (QED) is 0.873. The normalized spacial score (nSPS) is 10.6. The van der Waals surface area contributed by atoms with Crippen LogP contribution in [0.3, 0.4) is 0 Å². The van der Waals surface area contributed by atoms with Crippen molar-refractivity contribution in [3.63, 3.8) is 0 Å². The molecule has 2 aromatic rings. The van der Waals surface area contributed by atoms with Crippen molar-refractivity contribution >= 4 is 33.7 Å². The lowest BCUT2D eigenvalue weighted by Crippen LogP contribution is -2.01. The zero-order valence-corrected chi connectivity index (χ0v) is 11.9. The average molecular weight is 328 g/mol. The van der Waals surface area contributed by atoms with Crippen LogP contribution in [0.4, 0.5) is 0 Å². The first kappa shape index (κ1) is 13.1. The van der Waals surface area contributed by atoms with Crippen LogP contribution in [0.2, 0.25) is 0 Å². The monoisotopic (exact) mass is 327 g/mol. The highest BCUT2D eigenvalue weighted by atomic mass is 79.9. The predicted octanol–water partition coefficient (Wildman–Crippen LogP) is 2.42. The Hall–Kier alpha value is -1.34. The van der Waals surface area contributed by atoms with Crippen molar-refractivity contribution < 1.29 is 9.90 Å². The van der Waals surface area contributed by atoms with Gasteiger partial charge in [0.15, 0.2) is 11.0 Å². The highest BCUT2D eigenvalue weighted by Crippen LogP contribution is 2.28. The number of hydrogen-bond acceptors (Lipinski definition) is 4. The summed E-state index contributed by atoms with van der Waals surface area (Å²) in [4.78, 5) is 10.5. The van der Waals surface area contributed by atoms with E-state index < -0.39 is 5.97 Å². The molecule has 0 saturated heterocycles. The van der Waals surface area contributed by atoms with Gasteiger partial charge in [-0.3, -0.25) is 4.79 Å². The van der Waals surface area contributed by atoms with Crippen LogP contribution in [-0.4, -0.2) is 31.6 Å². The molecule has 0 aliphatic rings. The van der Waals surface area contributed by atoms with Gasteiger partial charge in [-0.15, -0.1) is 10.2 Å². The Morgan fingerprint density at radius 1 is 1.44 bits per heavy atom. The zero-order chi connectivity index (χ0) is 13.1. The molecule has 0 bridgehead atoms. The average Bonchev–Trinajstić information content (AvgIpc) is 2.69. The van der Waals surface area contributed by atoms with Crippen LogP contribution >= 0.6 is 27.7 Å². The van der Waals surface area contributed by atoms with Gasteiger partial charge in [0.2, 0.25) is 0 Å². The maximum Gasteiger partial charge on any atom is 0.313 e. The van der Waals surface area contributed by atoms with Gasteiger partial charge in [-0.2, -0.15) is 0 Å². The lowest BCUT2D eigenvalue weighted by atomic mass is 10.2. The third-order valence-corrected chi connectivity index (χ3v) is 3.97. The molecule has 94 valence electrons. The summed E-state index contributed by atoms with van der Waals surface area (Å²) in [6.45, 7) is 0. The van der Waals surface area contributed by atoms with E-state index in [0.717, 1.165) is 21.8 Å². The number of carbonyl (C=O) groups is 1. The SMILES string of the molecule is Cn1c(SCC(=O)O)nnc1-c1ccccc1Br.